The van der Waals surface area contributed by atoms with E-state index in [0.717, 1.165) is 37.7 Å². The molecule has 0 radical (unpaired) electrons. The van der Waals surface area contributed by atoms with Crippen molar-refractivity contribution in [1.82, 2.24) is 4.90 Å². The summed E-state index contributed by atoms with van der Waals surface area (Å²) in [6.45, 7) is 5.68. The molecule has 1 aliphatic heterocycles. The van der Waals surface area contributed by atoms with Gasteiger partial charge in [-0.15, -0.1) is 0 Å². The van der Waals surface area contributed by atoms with Gasteiger partial charge in [-0.3, -0.25) is 9.69 Å². The number of hydrogen-bond donors (Lipinski definition) is 3. The van der Waals surface area contributed by atoms with E-state index in [9.17, 15) is 14.7 Å². The predicted molar refractivity (Wildman–Crippen MR) is 249 cm³/mol. The molecule has 61 heavy (non-hydrogen) atoms. The molecule has 2 aliphatic rings. The minimum absolute atomic E-state index is 0.0166. The van der Waals surface area contributed by atoms with Crippen molar-refractivity contribution in [2.75, 3.05) is 32.5 Å². The zero-order valence-corrected chi connectivity index (χ0v) is 36.4. The second-order valence-corrected chi connectivity index (χ2v) is 20.3. The van der Waals surface area contributed by atoms with Crippen LogP contribution in [0.5, 0.6) is 0 Å². The Hall–Kier alpha value is -4.95. The van der Waals surface area contributed by atoms with Gasteiger partial charge in [-0.25, -0.2) is 0 Å². The summed E-state index contributed by atoms with van der Waals surface area (Å²) in [5.41, 5.74) is 4.78. The molecule has 2 fully saturated rings. The summed E-state index contributed by atoms with van der Waals surface area (Å²) in [5, 5.41) is 33.0. The van der Waals surface area contributed by atoms with Crippen molar-refractivity contribution in [3.05, 3.63) is 163 Å². The van der Waals surface area contributed by atoms with E-state index in [1.807, 2.05) is 24.3 Å². The van der Waals surface area contributed by atoms with Gasteiger partial charge in [0, 0.05) is 37.9 Å². The second kappa shape index (κ2) is 23.3. The molecule has 3 N–H and O–H groups in total. The molecule has 4 atom stereocenters. The van der Waals surface area contributed by atoms with E-state index in [2.05, 4.69) is 139 Å². The van der Waals surface area contributed by atoms with E-state index in [1.54, 1.807) is 0 Å². The van der Waals surface area contributed by atoms with Crippen LogP contribution in [0.2, 0.25) is 0 Å². The number of rotatable bonds is 18. The quantitative estimate of drug-likeness (QED) is 0.0596. The third-order valence-corrected chi connectivity index (χ3v) is 17.2. The fourth-order valence-corrected chi connectivity index (χ4v) is 13.9. The minimum atomic E-state index is -2.25. The van der Waals surface area contributed by atoms with Crippen LogP contribution in [0.15, 0.2) is 152 Å². The van der Waals surface area contributed by atoms with E-state index in [4.69, 9.17) is 19.7 Å². The zero-order chi connectivity index (χ0) is 42.9. The molecule has 1 heterocycles. The van der Waals surface area contributed by atoms with Crippen molar-refractivity contribution < 1.29 is 34.4 Å². The van der Waals surface area contributed by atoms with Gasteiger partial charge < -0.3 is 19.7 Å². The average molecular weight is 844 g/mol. The maximum absolute atomic E-state index is 11.1. The van der Waals surface area contributed by atoms with Gasteiger partial charge in [0.05, 0.1) is 32.0 Å². The molecule has 5 aromatic rings. The number of aryl methyl sites for hydroxylation is 1. The number of hydrogen-bond acceptors (Lipinski definition) is 6. The van der Waals surface area contributed by atoms with Crippen LogP contribution >= 0.6 is 7.26 Å². The van der Waals surface area contributed by atoms with Crippen molar-refractivity contribution in [2.24, 2.45) is 5.92 Å². The van der Waals surface area contributed by atoms with E-state index in [0.29, 0.717) is 39.1 Å². The van der Waals surface area contributed by atoms with Gasteiger partial charge in [0.2, 0.25) is 0 Å². The van der Waals surface area contributed by atoms with Gasteiger partial charge in [0.15, 0.2) is 0 Å². The first-order valence-corrected chi connectivity index (χ1v) is 24.0. The van der Waals surface area contributed by atoms with Gasteiger partial charge in [0.1, 0.15) is 0 Å². The first-order valence-electron chi connectivity index (χ1n) is 21.8. The summed E-state index contributed by atoms with van der Waals surface area (Å²) in [5.74, 6) is -1.28. The molecule has 0 aromatic heterocycles. The summed E-state index contributed by atoms with van der Waals surface area (Å²) < 4.78 is 12.0. The molecule has 0 amide bonds. The maximum atomic E-state index is 11.1. The van der Waals surface area contributed by atoms with Crippen molar-refractivity contribution in [2.45, 2.75) is 76.7 Å². The van der Waals surface area contributed by atoms with E-state index in [-0.39, 0.29) is 30.9 Å². The monoisotopic (exact) mass is 843 g/mol. The third-order valence-electron chi connectivity index (χ3n) is 12.2. The molecular formula is C52H62NO7P. The van der Waals surface area contributed by atoms with Crippen molar-refractivity contribution >= 4 is 35.1 Å². The third kappa shape index (κ3) is 12.8. The number of benzene rings is 5. The number of carboxylic acid groups (broad SMARTS) is 2. The van der Waals surface area contributed by atoms with Gasteiger partial charge >= 0.3 is 155 Å². The number of carbonyl (C=O) groups is 2. The number of allylic oxidation sites excluding steroid dienone is 2. The van der Waals surface area contributed by atoms with Crippen LogP contribution in [0.3, 0.4) is 0 Å². The molecule has 0 spiro atoms. The fourth-order valence-electron chi connectivity index (χ4n) is 9.08. The number of carboxylic acids is 2. The van der Waals surface area contributed by atoms with E-state index >= 15 is 0 Å². The van der Waals surface area contributed by atoms with Crippen molar-refractivity contribution in [3.8, 4) is 11.1 Å². The summed E-state index contributed by atoms with van der Waals surface area (Å²) in [6.07, 6.45) is 8.46. The van der Waals surface area contributed by atoms with Crippen LogP contribution in [0.25, 0.3) is 11.1 Å². The van der Waals surface area contributed by atoms with Gasteiger partial charge in [-0.1, -0.05) is 66.2 Å². The van der Waals surface area contributed by atoms with Crippen LogP contribution in [0.4, 0.5) is 0 Å². The Morgan fingerprint density at radius 3 is 1.74 bits per heavy atom. The molecule has 1 saturated carbocycles. The predicted octanol–water partition coefficient (Wildman–Crippen LogP) is 8.41. The van der Waals surface area contributed by atoms with Crippen LogP contribution < -0.4 is 15.9 Å². The second-order valence-electron chi connectivity index (χ2n) is 16.3. The fraction of sp³-hybridized carbons (Fsp3) is 0.346. The van der Waals surface area contributed by atoms with Crippen LogP contribution in [0.1, 0.15) is 56.1 Å². The van der Waals surface area contributed by atoms with Crippen LogP contribution in [0, 0.1) is 12.8 Å². The summed E-state index contributed by atoms with van der Waals surface area (Å²) in [4.78, 5) is 24.2. The SMILES string of the molecule is Cc1ccc(-c2ccc(CO[C@H]3C[C@@H](O)[C@H](N4CCOCC4)[C@H]3CC/C=C\CCC(=O)O)cc2)cc1.O=C(O)CCC[PH](c1ccccc1)(c1ccccc1)c1ccccc1. The number of morpholine rings is 1. The van der Waals surface area contributed by atoms with E-state index in [1.165, 1.54) is 32.6 Å². The van der Waals surface area contributed by atoms with Crippen molar-refractivity contribution in [3.63, 3.8) is 0 Å². The number of aliphatic hydroxyl groups excluding tert-OH is 1. The molecule has 9 heteroatoms. The van der Waals surface area contributed by atoms with Crippen molar-refractivity contribution in [1.29, 1.82) is 0 Å². The zero-order valence-electron chi connectivity index (χ0n) is 35.4. The number of aliphatic carboxylic acids is 2. The Kier molecular flexibility index (Phi) is 17.4. The molecular weight excluding hydrogens is 782 g/mol. The molecule has 7 rings (SSSR count). The van der Waals surface area contributed by atoms with E-state index < -0.39 is 25.3 Å². The molecule has 1 saturated heterocycles. The molecule has 1 aliphatic carbocycles. The Labute approximate surface area is 362 Å². The molecule has 8 nitrogen and oxygen atoms in total. The van der Waals surface area contributed by atoms with Crippen LogP contribution in [-0.4, -0.2) is 82.9 Å². The summed E-state index contributed by atoms with van der Waals surface area (Å²) in [7, 11) is -2.25. The first-order chi connectivity index (χ1) is 29.7. The average Bonchev–Trinajstić information content (AvgIpc) is 3.61. The topological polar surface area (TPSA) is 117 Å². The Balaban J connectivity index is 0.000000218. The van der Waals surface area contributed by atoms with Gasteiger partial charge in [0.25, 0.3) is 0 Å². The Morgan fingerprint density at radius 2 is 1.21 bits per heavy atom. The van der Waals surface area contributed by atoms with Gasteiger partial charge in [-0.2, -0.15) is 0 Å². The molecule has 322 valence electrons. The molecule has 0 bridgehead atoms. The Bertz CT molecular complexity index is 1990. The number of ether oxygens (including phenoxy) is 2. The Morgan fingerprint density at radius 1 is 0.705 bits per heavy atom. The summed E-state index contributed by atoms with van der Waals surface area (Å²) in [6, 6.07) is 49.0. The normalized spacial score (nSPS) is 19.6. The van der Waals surface area contributed by atoms with Gasteiger partial charge in [-0.05, 0) is 42.9 Å². The number of nitrogens with zero attached hydrogens (tertiary/aromatic N) is 1. The first kappa shape index (κ1) is 45.6. The number of aliphatic hydroxyl groups is 1. The molecule has 0 unspecified atom stereocenters. The van der Waals surface area contributed by atoms with Crippen LogP contribution in [-0.2, 0) is 25.7 Å². The standard InChI is InChI=1S/C30H39NO5.C22H23O2P/c1-22-8-12-24(13-9-22)25-14-10-23(11-15-25)21-36-28-20-27(32)30(31-16-18-35-19-17-31)26(28)6-4-2-3-5-7-29(33)34;23-22(24)17-10-18-25(19-11-4-1-5-12-19,20-13-6-2-7-14-20)21-15-8-3-9-16-21/h2-3,8-15,26-28,30,32H,4-7,16-21H2,1H3,(H,33,34);1-9,11-16,25H,10,17-18H2,(H,23,24)/b3-2-;/t26-,27+,28-,30+;/m0./s1. The summed E-state index contributed by atoms with van der Waals surface area (Å²) >= 11 is 0. The molecule has 5 aromatic carbocycles.